The van der Waals surface area contributed by atoms with E-state index in [9.17, 15) is 14.0 Å². The molecular formula is C20H17FN6O3. The van der Waals surface area contributed by atoms with E-state index in [0.29, 0.717) is 29.2 Å². The predicted molar refractivity (Wildman–Crippen MR) is 105 cm³/mol. The minimum absolute atomic E-state index is 0.161. The van der Waals surface area contributed by atoms with Gasteiger partial charge in [0.15, 0.2) is 0 Å². The molecule has 30 heavy (non-hydrogen) atoms. The number of hydrogen-bond acceptors (Lipinski definition) is 7. The molecule has 10 heteroatoms. The van der Waals surface area contributed by atoms with Gasteiger partial charge in [-0.2, -0.15) is 10.1 Å². The van der Waals surface area contributed by atoms with Gasteiger partial charge in [0.25, 0.3) is 5.89 Å². The highest BCUT2D eigenvalue weighted by Crippen LogP contribution is 2.19. The Bertz CT molecular complexity index is 1130. The number of pyridine rings is 1. The Hall–Kier alpha value is -3.95. The van der Waals surface area contributed by atoms with Crippen LogP contribution in [-0.2, 0) is 9.59 Å². The molecule has 0 aliphatic carbocycles. The van der Waals surface area contributed by atoms with Crippen molar-refractivity contribution in [1.82, 2.24) is 20.1 Å². The molecule has 1 aliphatic rings. The minimum Gasteiger partial charge on any atom is -0.332 e. The van der Waals surface area contributed by atoms with Gasteiger partial charge in [-0.05, 0) is 42.8 Å². The van der Waals surface area contributed by atoms with Crippen molar-refractivity contribution in [1.29, 1.82) is 0 Å². The molecular weight excluding hydrogens is 391 g/mol. The van der Waals surface area contributed by atoms with Crippen LogP contribution in [0.15, 0.2) is 52.4 Å². The van der Waals surface area contributed by atoms with Crippen LogP contribution in [0.25, 0.3) is 11.4 Å². The lowest BCUT2D eigenvalue weighted by atomic mass is 10.1. The number of carbonyl (C=O) groups is 2. The van der Waals surface area contributed by atoms with Gasteiger partial charge in [0, 0.05) is 36.5 Å². The Morgan fingerprint density at radius 2 is 2.03 bits per heavy atom. The zero-order valence-electron chi connectivity index (χ0n) is 16.0. The van der Waals surface area contributed by atoms with E-state index in [-0.39, 0.29) is 24.8 Å². The van der Waals surface area contributed by atoms with E-state index in [1.54, 1.807) is 31.5 Å². The van der Waals surface area contributed by atoms with Crippen molar-refractivity contribution in [3.8, 4) is 11.4 Å². The maximum absolute atomic E-state index is 13.2. The molecule has 4 rings (SSSR count). The summed E-state index contributed by atoms with van der Waals surface area (Å²) in [7, 11) is 0. The molecule has 0 spiro atoms. The van der Waals surface area contributed by atoms with Crippen molar-refractivity contribution < 1.29 is 18.5 Å². The number of rotatable bonds is 5. The van der Waals surface area contributed by atoms with Crippen molar-refractivity contribution in [2.75, 3.05) is 11.9 Å². The first-order valence-electron chi connectivity index (χ1n) is 9.18. The molecule has 3 heterocycles. The van der Waals surface area contributed by atoms with Gasteiger partial charge in [-0.25, -0.2) is 9.40 Å². The van der Waals surface area contributed by atoms with Gasteiger partial charge in [-0.3, -0.25) is 14.6 Å². The second kappa shape index (κ2) is 8.19. The van der Waals surface area contributed by atoms with E-state index in [4.69, 9.17) is 4.52 Å². The molecule has 0 unspecified atom stereocenters. The van der Waals surface area contributed by atoms with Gasteiger partial charge >= 0.3 is 0 Å². The van der Waals surface area contributed by atoms with Gasteiger partial charge in [0.05, 0.1) is 0 Å². The van der Waals surface area contributed by atoms with Crippen LogP contribution in [0.1, 0.15) is 24.3 Å². The second-order valence-corrected chi connectivity index (χ2v) is 6.66. The van der Waals surface area contributed by atoms with Crippen molar-refractivity contribution in [2.24, 2.45) is 5.10 Å². The van der Waals surface area contributed by atoms with Crippen LogP contribution < -0.4 is 5.32 Å². The minimum atomic E-state index is -0.453. The summed E-state index contributed by atoms with van der Waals surface area (Å²) in [5, 5.41) is 11.9. The Morgan fingerprint density at radius 3 is 2.80 bits per heavy atom. The van der Waals surface area contributed by atoms with E-state index < -0.39 is 11.7 Å². The molecule has 2 amide bonds. The van der Waals surface area contributed by atoms with Crippen LogP contribution in [0, 0.1) is 12.7 Å². The highest BCUT2D eigenvalue weighted by atomic mass is 19.1. The molecule has 1 N–H and O–H groups in total. The largest absolute Gasteiger partial charge is 0.332 e. The van der Waals surface area contributed by atoms with Crippen LogP contribution in [-0.4, -0.2) is 44.2 Å². The predicted octanol–water partition coefficient (Wildman–Crippen LogP) is 2.54. The summed E-state index contributed by atoms with van der Waals surface area (Å²) in [6.07, 6.45) is 3.72. The average Bonchev–Trinajstić information content (AvgIpc) is 3.23. The van der Waals surface area contributed by atoms with Gasteiger partial charge in [0.2, 0.25) is 17.6 Å². The van der Waals surface area contributed by atoms with E-state index >= 15 is 0 Å². The summed E-state index contributed by atoms with van der Waals surface area (Å²) in [4.78, 5) is 32.8. The van der Waals surface area contributed by atoms with Gasteiger partial charge < -0.3 is 9.84 Å². The number of carbonyl (C=O) groups excluding carboxylic acids is 2. The molecule has 9 nitrogen and oxygen atoms in total. The molecule has 0 fully saturated rings. The topological polar surface area (TPSA) is 114 Å². The lowest BCUT2D eigenvalue weighted by Gasteiger charge is -2.22. The number of nitrogens with one attached hydrogen (secondary N) is 1. The molecule has 0 atom stereocenters. The zero-order chi connectivity index (χ0) is 21.1. The van der Waals surface area contributed by atoms with Crippen molar-refractivity contribution >= 4 is 23.2 Å². The average molecular weight is 408 g/mol. The summed E-state index contributed by atoms with van der Waals surface area (Å²) in [6, 6.07) is 7.52. The van der Waals surface area contributed by atoms with Crippen LogP contribution >= 0.6 is 0 Å². The number of hydrogen-bond donors (Lipinski definition) is 1. The summed E-state index contributed by atoms with van der Waals surface area (Å²) in [5.41, 5.74) is 2.20. The fourth-order valence-electron chi connectivity index (χ4n) is 2.93. The van der Waals surface area contributed by atoms with Crippen molar-refractivity contribution in [3.63, 3.8) is 0 Å². The molecule has 0 saturated carbocycles. The van der Waals surface area contributed by atoms with E-state index in [0.717, 1.165) is 10.6 Å². The first-order chi connectivity index (χ1) is 14.5. The number of nitrogens with zero attached hydrogens (tertiary/aromatic N) is 5. The van der Waals surface area contributed by atoms with E-state index in [1.807, 2.05) is 0 Å². The Labute approximate surface area is 170 Å². The third-order valence-corrected chi connectivity index (χ3v) is 4.47. The zero-order valence-corrected chi connectivity index (χ0v) is 16.0. The third-order valence-electron chi connectivity index (χ3n) is 4.47. The number of halogens is 1. The van der Waals surface area contributed by atoms with Crippen LogP contribution in [0.2, 0.25) is 0 Å². The summed E-state index contributed by atoms with van der Waals surface area (Å²) in [6.45, 7) is 1.39. The van der Waals surface area contributed by atoms with Crippen LogP contribution in [0.5, 0.6) is 0 Å². The number of aromatic nitrogens is 3. The van der Waals surface area contributed by atoms with Crippen LogP contribution in [0.4, 0.5) is 10.1 Å². The van der Waals surface area contributed by atoms with Gasteiger partial charge in [-0.1, -0.05) is 5.16 Å². The smallest absolute Gasteiger partial charge is 0.274 e. The maximum atomic E-state index is 13.2. The number of benzene rings is 1. The lowest BCUT2D eigenvalue weighted by Crippen LogP contribution is -2.38. The standard InChI is InChI=1S/C20H17FN6O3/c1-12-10-14(21)2-3-15(12)23-17(28)11-27-18(29)5-4-16(25-27)20-24-19(26-30-20)13-6-8-22-9-7-13/h2-3,6-10H,4-5,11H2,1H3,(H,23,28). The van der Waals surface area contributed by atoms with E-state index in [1.165, 1.54) is 18.2 Å². The number of hydrazone groups is 1. The second-order valence-electron chi connectivity index (χ2n) is 6.66. The highest BCUT2D eigenvalue weighted by Gasteiger charge is 2.26. The first-order valence-corrected chi connectivity index (χ1v) is 9.18. The normalized spacial score (nSPS) is 13.9. The summed E-state index contributed by atoms with van der Waals surface area (Å²) < 4.78 is 18.5. The molecule has 0 saturated heterocycles. The monoisotopic (exact) mass is 408 g/mol. The lowest BCUT2D eigenvalue weighted by molar-refractivity contribution is -0.135. The Morgan fingerprint density at radius 1 is 1.23 bits per heavy atom. The van der Waals surface area contributed by atoms with Crippen molar-refractivity contribution in [2.45, 2.75) is 19.8 Å². The molecule has 152 valence electrons. The highest BCUT2D eigenvalue weighted by molar-refractivity contribution is 6.02. The van der Waals surface area contributed by atoms with Gasteiger partial charge in [0.1, 0.15) is 18.1 Å². The molecule has 1 aliphatic heterocycles. The summed E-state index contributed by atoms with van der Waals surface area (Å²) >= 11 is 0. The first kappa shape index (κ1) is 19.4. The molecule has 3 aromatic rings. The number of amides is 2. The quantitative estimate of drug-likeness (QED) is 0.694. The Balaban J connectivity index is 1.48. The summed E-state index contributed by atoms with van der Waals surface area (Å²) in [5.74, 6) is -0.571. The fraction of sp³-hybridized carbons (Fsp3) is 0.200. The number of aryl methyl sites for hydroxylation is 1. The Kier molecular flexibility index (Phi) is 5.29. The van der Waals surface area contributed by atoms with Crippen molar-refractivity contribution in [3.05, 3.63) is 60.0 Å². The molecule has 0 radical (unpaired) electrons. The molecule has 2 aromatic heterocycles. The SMILES string of the molecule is Cc1cc(F)ccc1NC(=O)CN1N=C(c2nc(-c3ccncc3)no2)CCC1=O. The van der Waals surface area contributed by atoms with Crippen LogP contribution in [0.3, 0.4) is 0 Å². The molecule has 0 bridgehead atoms. The fourth-order valence-corrected chi connectivity index (χ4v) is 2.93. The van der Waals surface area contributed by atoms with Gasteiger partial charge in [-0.15, -0.1) is 0 Å². The van der Waals surface area contributed by atoms with E-state index in [2.05, 4.69) is 25.5 Å². The number of anilines is 1. The molecule has 1 aromatic carbocycles. The maximum Gasteiger partial charge on any atom is 0.274 e. The third kappa shape index (κ3) is 4.22.